The fourth-order valence-electron chi connectivity index (χ4n) is 11.2. The Kier molecular flexibility index (Phi) is 17.6. The van der Waals surface area contributed by atoms with Crippen molar-refractivity contribution in [3.63, 3.8) is 0 Å². The van der Waals surface area contributed by atoms with Gasteiger partial charge in [0.05, 0.1) is 54.7 Å². The van der Waals surface area contributed by atoms with Crippen molar-refractivity contribution in [3.8, 4) is 39.7 Å². The van der Waals surface area contributed by atoms with Crippen LogP contribution in [0.25, 0.3) is 44.9 Å². The fourth-order valence-corrected chi connectivity index (χ4v) is 11.2. The number of imidazole rings is 1. The van der Waals surface area contributed by atoms with E-state index in [2.05, 4.69) is 60.7 Å². The van der Waals surface area contributed by atoms with Crippen molar-refractivity contribution in [1.82, 2.24) is 44.9 Å². The summed E-state index contributed by atoms with van der Waals surface area (Å²) in [4.78, 5) is 13.1. The maximum atomic E-state index is 12.0. The second-order valence-corrected chi connectivity index (χ2v) is 21.8. The van der Waals surface area contributed by atoms with Crippen molar-refractivity contribution in [2.24, 2.45) is 34.4 Å². The highest BCUT2D eigenvalue weighted by molar-refractivity contribution is 5.83. The van der Waals surface area contributed by atoms with Crippen molar-refractivity contribution >= 4 is 16.7 Å². The van der Waals surface area contributed by atoms with Crippen LogP contribution in [0.3, 0.4) is 0 Å². The van der Waals surface area contributed by atoms with E-state index in [4.69, 9.17) is 72.5 Å². The molecule has 7 unspecified atom stereocenters. The summed E-state index contributed by atoms with van der Waals surface area (Å²) in [5, 5.41) is 83.5. The number of hydrogen-bond acceptors (Lipinski definition) is 26. The molecule has 4 saturated heterocycles. The standard InChI is InChI=1S/C53H74N16O13/c1-66-12-14-67(15-13-66)28-8-11-32-33(18-28)61-50(60-32)27-6-9-29(10-7-27)76-17-16-68-22-34(62-64-68)25-2-4-26(5-3-25)35-23-69(65-63-35)24-38-48(81-52-40(59)45(74)43(72)37(21-55)78-52)46(75)53(79-38)82-49-41(70)30(56)19-31(57)47(49)80-51-39(58)44(73)42(71)36(20-54)77-51/h2-11,18,22-23,30-31,36-49,51-53,70-75H,12-17,19-21,24,54-59H2,1H3,(H,60,61)/t30-,31?,36?,37+,38-,39?,40?,41?,42-,43-,44-,45?,46+,47-,48+,49-,51-,52-,53?/m1/s1. The molecule has 5 aliphatic rings. The number of ether oxygens (including phenoxy) is 7. The van der Waals surface area contributed by atoms with Gasteiger partial charge in [-0.25, -0.2) is 14.3 Å². The molecule has 0 spiro atoms. The summed E-state index contributed by atoms with van der Waals surface area (Å²) >= 11 is 0. The molecule has 444 valence electrons. The highest BCUT2D eigenvalue weighted by Gasteiger charge is 2.55. The number of nitrogens with one attached hydrogen (secondary N) is 1. The molecule has 1 aliphatic carbocycles. The summed E-state index contributed by atoms with van der Waals surface area (Å²) in [7, 11) is 2.15. The first-order chi connectivity index (χ1) is 39.5. The Morgan fingerprint density at radius 1 is 0.598 bits per heavy atom. The van der Waals surface area contributed by atoms with Crippen LogP contribution in [0.1, 0.15) is 6.42 Å². The molecule has 0 amide bonds. The number of piperazine rings is 1. The first kappa shape index (κ1) is 58.0. The molecule has 19 N–H and O–H groups in total. The number of nitrogens with two attached hydrogens (primary N) is 6. The van der Waals surface area contributed by atoms with Crippen molar-refractivity contribution in [1.29, 1.82) is 0 Å². The average Bonchev–Trinajstić information content (AvgIpc) is 4.37. The summed E-state index contributed by atoms with van der Waals surface area (Å²) < 4.78 is 46.1. The Labute approximate surface area is 470 Å². The number of aromatic amines is 1. The van der Waals surface area contributed by atoms with Crippen LogP contribution < -0.4 is 44.0 Å². The Hall–Kier alpha value is -5.75. The number of anilines is 1. The lowest BCUT2D eigenvalue weighted by atomic mass is 9.84. The third-order valence-electron chi connectivity index (χ3n) is 16.2. The lowest BCUT2D eigenvalue weighted by molar-refractivity contribution is -0.306. The van der Waals surface area contributed by atoms with Crippen LogP contribution in [-0.4, -0.2) is 245 Å². The number of aliphatic hydroxyl groups excluding tert-OH is 6. The second kappa shape index (κ2) is 24.8. The van der Waals surface area contributed by atoms with Gasteiger partial charge >= 0.3 is 0 Å². The molecule has 3 aromatic carbocycles. The maximum absolute atomic E-state index is 12.0. The van der Waals surface area contributed by atoms with Crippen molar-refractivity contribution in [3.05, 3.63) is 79.1 Å². The van der Waals surface area contributed by atoms with E-state index in [0.717, 1.165) is 54.2 Å². The zero-order chi connectivity index (χ0) is 57.5. The van der Waals surface area contributed by atoms with Crippen LogP contribution in [0, 0.1) is 0 Å². The maximum Gasteiger partial charge on any atom is 0.187 e. The topological polar surface area (TPSA) is 439 Å². The predicted molar refractivity (Wildman–Crippen MR) is 292 cm³/mol. The molecule has 1 saturated carbocycles. The second-order valence-electron chi connectivity index (χ2n) is 21.8. The minimum Gasteiger partial charge on any atom is -0.492 e. The summed E-state index contributed by atoms with van der Waals surface area (Å²) in [6.07, 6.45) is -16.8. The van der Waals surface area contributed by atoms with Crippen molar-refractivity contribution in [2.75, 3.05) is 57.8 Å². The lowest BCUT2D eigenvalue weighted by Crippen LogP contribution is -2.68. The Morgan fingerprint density at radius 3 is 1.78 bits per heavy atom. The quantitative estimate of drug-likeness (QED) is 0.0387. The molecule has 4 aliphatic heterocycles. The van der Waals surface area contributed by atoms with Crippen molar-refractivity contribution < 1.29 is 63.8 Å². The molecule has 82 heavy (non-hydrogen) atoms. The van der Waals surface area contributed by atoms with E-state index in [-0.39, 0.29) is 26.1 Å². The Bertz CT molecular complexity index is 3040. The zero-order valence-corrected chi connectivity index (χ0v) is 45.1. The van der Waals surface area contributed by atoms with Gasteiger partial charge < -0.3 is 113 Å². The van der Waals surface area contributed by atoms with Crippen LogP contribution in [-0.2, 0) is 41.5 Å². The summed E-state index contributed by atoms with van der Waals surface area (Å²) in [5.41, 5.74) is 43.8. The van der Waals surface area contributed by atoms with E-state index < -0.39 is 116 Å². The van der Waals surface area contributed by atoms with E-state index >= 15 is 0 Å². The molecule has 0 bridgehead atoms. The van der Waals surface area contributed by atoms with Gasteiger partial charge in [-0.15, -0.1) is 10.2 Å². The van der Waals surface area contributed by atoms with Gasteiger partial charge in [0.1, 0.15) is 96.7 Å². The number of aliphatic hydroxyl groups is 6. The van der Waals surface area contributed by atoms with E-state index in [0.29, 0.717) is 35.9 Å². The van der Waals surface area contributed by atoms with E-state index in [1.807, 2.05) is 54.7 Å². The van der Waals surface area contributed by atoms with Gasteiger partial charge in [0.25, 0.3) is 0 Å². The Morgan fingerprint density at radius 2 is 1.16 bits per heavy atom. The van der Waals surface area contributed by atoms with Crippen LogP contribution >= 0.6 is 0 Å². The van der Waals surface area contributed by atoms with Gasteiger partial charge in [0.2, 0.25) is 0 Å². The van der Waals surface area contributed by atoms with E-state index in [1.54, 1.807) is 10.9 Å². The van der Waals surface area contributed by atoms with Gasteiger partial charge in [-0.1, -0.05) is 34.7 Å². The van der Waals surface area contributed by atoms with Crippen LogP contribution in [0.2, 0.25) is 0 Å². The molecule has 11 rings (SSSR count). The third-order valence-corrected chi connectivity index (χ3v) is 16.2. The predicted octanol–water partition coefficient (Wildman–Crippen LogP) is -4.30. The largest absolute Gasteiger partial charge is 0.492 e. The molecule has 0 radical (unpaired) electrons. The molecule has 6 aromatic rings. The minimum atomic E-state index is -1.65. The number of H-pyrrole nitrogens is 1. The fraction of sp³-hybridized carbons (Fsp3) is 0.566. The highest BCUT2D eigenvalue weighted by Crippen LogP contribution is 2.36. The molecule has 29 heteroatoms. The number of rotatable bonds is 18. The van der Waals surface area contributed by atoms with Gasteiger partial charge in [-0.2, -0.15) is 0 Å². The number of benzene rings is 3. The molecule has 5 fully saturated rings. The number of aromatic nitrogens is 8. The number of hydrogen-bond donors (Lipinski definition) is 13. The van der Waals surface area contributed by atoms with Crippen molar-refractivity contribution in [2.45, 2.75) is 136 Å². The molecular weight excluding hydrogens is 1070 g/mol. The first-order valence-corrected chi connectivity index (χ1v) is 27.5. The molecule has 7 heterocycles. The van der Waals surface area contributed by atoms with Gasteiger partial charge in [0.15, 0.2) is 18.9 Å². The Balaban J connectivity index is 0.726. The molecule has 3 aromatic heterocycles. The summed E-state index contributed by atoms with van der Waals surface area (Å²) in [6.45, 7) is 4.41. The van der Waals surface area contributed by atoms with Crippen LogP contribution in [0.15, 0.2) is 79.1 Å². The number of fused-ring (bicyclic) bond motifs is 1. The van der Waals surface area contributed by atoms with E-state index in [1.165, 1.54) is 10.4 Å². The van der Waals surface area contributed by atoms with Gasteiger partial charge in [0, 0.05) is 73.7 Å². The zero-order valence-electron chi connectivity index (χ0n) is 45.1. The minimum absolute atomic E-state index is 0.0624. The number of nitrogens with zero attached hydrogens (tertiary/aromatic N) is 9. The average molecular weight is 1140 g/mol. The monoisotopic (exact) mass is 1140 g/mol. The van der Waals surface area contributed by atoms with Crippen LogP contribution in [0.4, 0.5) is 5.69 Å². The molecule has 29 nitrogen and oxygen atoms in total. The number of likely N-dealkylation sites (N-methyl/N-ethyl adjacent to an activating group) is 1. The normalized spacial score (nSPS) is 34.7. The first-order valence-electron chi connectivity index (χ1n) is 27.5. The summed E-state index contributed by atoms with van der Waals surface area (Å²) in [6, 6.07) is 17.3. The third kappa shape index (κ3) is 12.1. The SMILES string of the molecule is CN1CCN(c2ccc3nc(-c4ccc(OCCn5cc(-c6ccc(-c7cn(C[C@H]8OC(O[C@@H]9C(O)[C@H](N)CC(N)[C@H]9O[C@H]9OC(CN)[C@@H](O)[C@H](O)C9N)[C@@H](O)[C@H]8O[C@H]8O[C@@H](CN)[C@@H](O)C(O)C8N)nn7)cc6)nn5)cc4)[nH]c3c2)CC1. The summed E-state index contributed by atoms with van der Waals surface area (Å²) in [5.74, 6) is 1.50. The van der Waals surface area contributed by atoms with E-state index in [9.17, 15) is 30.6 Å². The van der Waals surface area contributed by atoms with Crippen LogP contribution in [0.5, 0.6) is 5.75 Å². The molecular formula is C53H74N16O13. The van der Waals surface area contributed by atoms with Gasteiger partial charge in [-0.05, 0) is 55.9 Å². The highest BCUT2D eigenvalue weighted by atomic mass is 16.8. The van der Waals surface area contributed by atoms with Gasteiger partial charge in [-0.3, -0.25) is 0 Å². The molecule has 19 atom stereocenters. The smallest absolute Gasteiger partial charge is 0.187 e. The lowest BCUT2D eigenvalue weighted by Gasteiger charge is -2.47.